The summed E-state index contributed by atoms with van der Waals surface area (Å²) in [6.45, 7) is 5.33. The lowest BCUT2D eigenvalue weighted by molar-refractivity contribution is -0.00441. The molecule has 0 aromatic carbocycles. The molecule has 0 spiro atoms. The third-order valence-electron chi connectivity index (χ3n) is 5.77. The fourth-order valence-electron chi connectivity index (χ4n) is 4.07. The van der Waals surface area contributed by atoms with Crippen LogP contribution in [-0.2, 0) is 15.9 Å². The van der Waals surface area contributed by atoms with E-state index in [9.17, 15) is 9.59 Å². The smallest absolute Gasteiger partial charge is 0.409 e. The summed E-state index contributed by atoms with van der Waals surface area (Å²) in [6.07, 6.45) is 3.85. The van der Waals surface area contributed by atoms with Crippen molar-refractivity contribution in [2.24, 2.45) is 0 Å². The second-order valence-corrected chi connectivity index (χ2v) is 7.90. The summed E-state index contributed by atoms with van der Waals surface area (Å²) in [5.74, 6) is -0.237. The van der Waals surface area contributed by atoms with E-state index in [-0.39, 0.29) is 18.0 Å². The van der Waals surface area contributed by atoms with Gasteiger partial charge >= 0.3 is 6.09 Å². The highest BCUT2D eigenvalue weighted by atomic mass is 16.5. The normalized spacial score (nSPS) is 16.2. The van der Waals surface area contributed by atoms with Crippen molar-refractivity contribution in [2.75, 3.05) is 33.9 Å². The highest BCUT2D eigenvalue weighted by molar-refractivity contribution is 5.92. The van der Waals surface area contributed by atoms with Crippen LogP contribution in [-0.4, -0.2) is 71.2 Å². The molecule has 4 heterocycles. The zero-order chi connectivity index (χ0) is 22.8. The number of aryl methyl sites for hydroxylation is 2. The number of morpholine rings is 1. The molecule has 3 aromatic rings. The number of rotatable bonds is 4. The second kappa shape index (κ2) is 8.96. The van der Waals surface area contributed by atoms with Crippen molar-refractivity contribution < 1.29 is 19.1 Å². The lowest BCUT2D eigenvalue weighted by Gasteiger charge is -2.34. The fraction of sp³-hybridized carbons (Fsp3) is 0.391. The number of nitrogens with zero attached hydrogens (tertiary/aromatic N) is 4. The summed E-state index contributed by atoms with van der Waals surface area (Å²) >= 11 is 0. The molecule has 32 heavy (non-hydrogen) atoms. The molecule has 1 atom stereocenters. The Kier molecular flexibility index (Phi) is 6.09. The van der Waals surface area contributed by atoms with E-state index in [0.29, 0.717) is 31.9 Å². The standard InChI is InChI=1S/C23H27N5O4/c1-14-5-6-28-19(11-16-13-32-8-7-27(16)23(30)31-4)21(26-20(28)9-14)17-12-25-18(10-15(17)2)22(29)24-3/h5-6,9-10,12,16H,7-8,11,13H2,1-4H3,(H,24,29). The average Bonchev–Trinajstić information content (AvgIpc) is 3.15. The van der Waals surface area contributed by atoms with E-state index >= 15 is 0 Å². The number of hydrogen-bond acceptors (Lipinski definition) is 6. The number of ether oxygens (including phenoxy) is 2. The first-order valence-corrected chi connectivity index (χ1v) is 10.5. The van der Waals surface area contributed by atoms with Gasteiger partial charge in [-0.2, -0.15) is 0 Å². The molecular formula is C23H27N5O4. The van der Waals surface area contributed by atoms with Crippen molar-refractivity contribution in [3.8, 4) is 11.3 Å². The molecule has 0 bridgehead atoms. The molecule has 1 aliphatic heterocycles. The van der Waals surface area contributed by atoms with Crippen LogP contribution < -0.4 is 5.32 Å². The van der Waals surface area contributed by atoms with Crippen LogP contribution in [0.25, 0.3) is 16.9 Å². The minimum Gasteiger partial charge on any atom is -0.453 e. The molecule has 9 heteroatoms. The molecule has 3 aromatic heterocycles. The quantitative estimate of drug-likeness (QED) is 0.673. The van der Waals surface area contributed by atoms with Crippen LogP contribution in [0.4, 0.5) is 4.79 Å². The molecule has 1 aliphatic rings. The Hall–Kier alpha value is -3.46. The van der Waals surface area contributed by atoms with Crippen molar-refractivity contribution in [1.82, 2.24) is 24.6 Å². The van der Waals surface area contributed by atoms with Crippen LogP contribution in [0.5, 0.6) is 0 Å². The molecule has 4 rings (SSSR count). The van der Waals surface area contributed by atoms with Gasteiger partial charge in [-0.05, 0) is 43.2 Å². The number of fused-ring (bicyclic) bond motifs is 1. The molecule has 1 saturated heterocycles. The van der Waals surface area contributed by atoms with Crippen LogP contribution in [0.15, 0.2) is 30.6 Å². The van der Waals surface area contributed by atoms with Gasteiger partial charge in [-0.25, -0.2) is 9.78 Å². The van der Waals surface area contributed by atoms with E-state index in [0.717, 1.165) is 33.7 Å². The van der Waals surface area contributed by atoms with E-state index in [1.807, 2.05) is 36.6 Å². The molecule has 0 radical (unpaired) electrons. The van der Waals surface area contributed by atoms with Crippen molar-refractivity contribution in [3.05, 3.63) is 53.1 Å². The maximum Gasteiger partial charge on any atom is 0.409 e. The highest BCUT2D eigenvalue weighted by Crippen LogP contribution is 2.30. The van der Waals surface area contributed by atoms with E-state index in [1.165, 1.54) is 7.11 Å². The van der Waals surface area contributed by atoms with Gasteiger partial charge in [-0.1, -0.05) is 0 Å². The SMILES string of the molecule is CNC(=O)c1cc(C)c(-c2nc3cc(C)ccn3c2CC2COCCN2C(=O)OC)cn1. The maximum atomic E-state index is 12.3. The number of nitrogens with one attached hydrogen (secondary N) is 1. The first-order valence-electron chi connectivity index (χ1n) is 10.5. The van der Waals surface area contributed by atoms with Crippen molar-refractivity contribution in [1.29, 1.82) is 0 Å². The third kappa shape index (κ3) is 4.03. The number of methoxy groups -OCH3 is 1. The molecule has 9 nitrogen and oxygen atoms in total. The summed E-state index contributed by atoms with van der Waals surface area (Å²) in [6, 6.07) is 5.62. The maximum absolute atomic E-state index is 12.3. The monoisotopic (exact) mass is 437 g/mol. The topological polar surface area (TPSA) is 98.1 Å². The van der Waals surface area contributed by atoms with E-state index in [4.69, 9.17) is 14.5 Å². The van der Waals surface area contributed by atoms with Crippen molar-refractivity contribution in [3.63, 3.8) is 0 Å². The first-order chi connectivity index (χ1) is 15.4. The Balaban J connectivity index is 1.81. The number of hydrogen-bond donors (Lipinski definition) is 1. The Morgan fingerprint density at radius 3 is 2.84 bits per heavy atom. The van der Waals surface area contributed by atoms with Gasteiger partial charge in [-0.3, -0.25) is 9.78 Å². The molecule has 1 N–H and O–H groups in total. The molecule has 0 saturated carbocycles. The van der Waals surface area contributed by atoms with Gasteiger partial charge in [0.2, 0.25) is 0 Å². The summed E-state index contributed by atoms with van der Waals surface area (Å²) in [4.78, 5) is 35.3. The van der Waals surface area contributed by atoms with Crippen molar-refractivity contribution in [2.45, 2.75) is 26.3 Å². The van der Waals surface area contributed by atoms with E-state index in [1.54, 1.807) is 24.2 Å². The van der Waals surface area contributed by atoms with Gasteiger partial charge in [0.05, 0.1) is 37.8 Å². The van der Waals surface area contributed by atoms with Crippen LogP contribution in [0.1, 0.15) is 27.3 Å². The largest absolute Gasteiger partial charge is 0.453 e. The molecule has 1 unspecified atom stereocenters. The van der Waals surface area contributed by atoms with Crippen LogP contribution in [0.2, 0.25) is 0 Å². The number of amides is 2. The van der Waals surface area contributed by atoms with Gasteiger partial charge in [0.1, 0.15) is 11.3 Å². The predicted octanol–water partition coefficient (Wildman–Crippen LogP) is 2.38. The lowest BCUT2D eigenvalue weighted by atomic mass is 10.0. The number of pyridine rings is 2. The third-order valence-corrected chi connectivity index (χ3v) is 5.77. The second-order valence-electron chi connectivity index (χ2n) is 7.90. The van der Waals surface area contributed by atoms with Gasteiger partial charge < -0.3 is 24.1 Å². The summed E-state index contributed by atoms with van der Waals surface area (Å²) in [7, 11) is 2.97. The van der Waals surface area contributed by atoms with Gasteiger partial charge in [0, 0.05) is 38.0 Å². The van der Waals surface area contributed by atoms with E-state index < -0.39 is 0 Å². The minimum atomic E-state index is -0.364. The molecule has 1 fully saturated rings. The van der Waals surface area contributed by atoms with Crippen LogP contribution in [0, 0.1) is 13.8 Å². The Bertz CT molecular complexity index is 1170. The zero-order valence-electron chi connectivity index (χ0n) is 18.7. The molecule has 2 amide bonds. The first kappa shape index (κ1) is 21.8. The Morgan fingerprint density at radius 1 is 1.31 bits per heavy atom. The molecule has 0 aliphatic carbocycles. The Labute approximate surface area is 186 Å². The molecule has 168 valence electrons. The van der Waals surface area contributed by atoms with Gasteiger partial charge in [-0.15, -0.1) is 0 Å². The Morgan fingerprint density at radius 2 is 2.12 bits per heavy atom. The van der Waals surface area contributed by atoms with Crippen molar-refractivity contribution >= 4 is 17.6 Å². The minimum absolute atomic E-state index is 0.186. The number of carbonyl (C=O) groups is 2. The number of aromatic nitrogens is 3. The fourth-order valence-corrected chi connectivity index (χ4v) is 4.07. The summed E-state index contributed by atoms with van der Waals surface area (Å²) in [5.41, 5.74) is 5.72. The summed E-state index contributed by atoms with van der Waals surface area (Å²) < 4.78 is 12.7. The number of carbonyl (C=O) groups excluding carboxylic acids is 2. The lowest BCUT2D eigenvalue weighted by Crippen LogP contribution is -2.49. The van der Waals surface area contributed by atoms with Crippen LogP contribution >= 0.6 is 0 Å². The number of imidazole rings is 1. The van der Waals surface area contributed by atoms with Crippen LogP contribution in [0.3, 0.4) is 0 Å². The highest BCUT2D eigenvalue weighted by Gasteiger charge is 2.30. The molecular weight excluding hydrogens is 410 g/mol. The van der Waals surface area contributed by atoms with E-state index in [2.05, 4.69) is 10.3 Å². The predicted molar refractivity (Wildman–Crippen MR) is 119 cm³/mol. The van der Waals surface area contributed by atoms with Gasteiger partial charge in [0.15, 0.2) is 0 Å². The average molecular weight is 438 g/mol. The summed E-state index contributed by atoms with van der Waals surface area (Å²) in [5, 5.41) is 2.60. The van der Waals surface area contributed by atoms with Gasteiger partial charge in [0.25, 0.3) is 5.91 Å². The zero-order valence-corrected chi connectivity index (χ0v) is 18.7.